The van der Waals surface area contributed by atoms with Gasteiger partial charge in [-0.05, 0) is 78.0 Å². The number of likely N-dealkylation sites (tertiary alicyclic amines) is 2. The minimum absolute atomic E-state index is 0.0502. The molecule has 0 bridgehead atoms. The Balaban J connectivity index is 1.40. The quantitative estimate of drug-likeness (QED) is 0.496. The summed E-state index contributed by atoms with van der Waals surface area (Å²) in [6.45, 7) is 4.60. The van der Waals surface area contributed by atoms with Gasteiger partial charge in [-0.3, -0.25) is 9.59 Å². The maximum Gasteiger partial charge on any atom is 0.254 e. The van der Waals surface area contributed by atoms with Crippen LogP contribution in [0, 0.1) is 24.4 Å². The molecule has 2 saturated heterocycles. The van der Waals surface area contributed by atoms with Gasteiger partial charge in [0.15, 0.2) is 17.5 Å². The second-order valence-electron chi connectivity index (χ2n) is 10.6. The third-order valence-electron chi connectivity index (χ3n) is 7.99. The van der Waals surface area contributed by atoms with Gasteiger partial charge in [-0.25, -0.2) is 13.2 Å². The third-order valence-corrected chi connectivity index (χ3v) is 7.99. The Morgan fingerprint density at radius 2 is 1.50 bits per heavy atom. The molecule has 0 atom stereocenters. The van der Waals surface area contributed by atoms with E-state index in [0.717, 1.165) is 37.7 Å². The van der Waals surface area contributed by atoms with Crippen molar-refractivity contribution < 1.29 is 22.8 Å². The molecule has 2 amide bonds. The molecule has 0 spiro atoms. The van der Waals surface area contributed by atoms with Gasteiger partial charge < -0.3 is 19.6 Å². The van der Waals surface area contributed by atoms with E-state index in [0.29, 0.717) is 44.9 Å². The molecule has 2 aromatic rings. The summed E-state index contributed by atoms with van der Waals surface area (Å²) in [5, 5.41) is 0. The van der Waals surface area contributed by atoms with Gasteiger partial charge in [0.2, 0.25) is 5.91 Å². The van der Waals surface area contributed by atoms with Crippen molar-refractivity contribution in [2.75, 3.05) is 51.7 Å². The first-order valence-electron chi connectivity index (χ1n) is 13.4. The lowest BCUT2D eigenvalue weighted by atomic mass is 9.99. The fourth-order valence-corrected chi connectivity index (χ4v) is 5.59. The van der Waals surface area contributed by atoms with Crippen LogP contribution in [0.2, 0.25) is 0 Å². The number of hydrogen-bond donors (Lipinski definition) is 0. The molecule has 0 N–H and O–H groups in total. The molecular weight excluding hydrogens is 493 g/mol. The summed E-state index contributed by atoms with van der Waals surface area (Å²) >= 11 is 0. The summed E-state index contributed by atoms with van der Waals surface area (Å²) in [4.78, 5) is 34.6. The van der Waals surface area contributed by atoms with Gasteiger partial charge in [-0.2, -0.15) is 0 Å². The molecule has 206 valence electrons. The zero-order valence-corrected chi connectivity index (χ0v) is 22.4. The van der Waals surface area contributed by atoms with Crippen molar-refractivity contribution >= 4 is 17.5 Å². The number of carbonyl (C=O) groups excluding carboxylic acids is 2. The third kappa shape index (κ3) is 6.21. The van der Waals surface area contributed by atoms with Crippen LogP contribution in [0.4, 0.5) is 18.9 Å². The number of halogens is 3. The summed E-state index contributed by atoms with van der Waals surface area (Å²) in [6.07, 6.45) is 3.67. The van der Waals surface area contributed by atoms with Crippen LogP contribution in [0.5, 0.6) is 0 Å². The first-order valence-corrected chi connectivity index (χ1v) is 13.4. The highest BCUT2D eigenvalue weighted by molar-refractivity contribution is 5.96. The minimum Gasteiger partial charge on any atom is -0.338 e. The molecule has 0 saturated carbocycles. The van der Waals surface area contributed by atoms with Gasteiger partial charge in [0.25, 0.3) is 5.91 Å². The minimum atomic E-state index is -1.57. The average molecular weight is 531 g/mol. The van der Waals surface area contributed by atoms with E-state index in [9.17, 15) is 22.8 Å². The number of para-hydroxylation sites is 1. The van der Waals surface area contributed by atoms with Crippen LogP contribution in [-0.2, 0) is 4.79 Å². The van der Waals surface area contributed by atoms with Crippen molar-refractivity contribution in [3.05, 3.63) is 65.0 Å². The number of anilines is 1. The van der Waals surface area contributed by atoms with Crippen LogP contribution in [0.3, 0.4) is 0 Å². The molecule has 4 rings (SSSR count). The number of amides is 2. The molecule has 0 aliphatic carbocycles. The topological polar surface area (TPSA) is 47.1 Å². The van der Waals surface area contributed by atoms with E-state index >= 15 is 0 Å². The van der Waals surface area contributed by atoms with Crippen LogP contribution in [0.25, 0.3) is 0 Å². The number of hydrogen-bond acceptors (Lipinski definition) is 4. The lowest BCUT2D eigenvalue weighted by molar-refractivity contribution is -0.119. The molecule has 0 radical (unpaired) electrons. The zero-order chi connectivity index (χ0) is 27.4. The number of carbonyl (C=O) groups is 2. The number of piperidine rings is 2. The van der Waals surface area contributed by atoms with Crippen molar-refractivity contribution in [2.45, 2.75) is 51.1 Å². The van der Waals surface area contributed by atoms with Crippen molar-refractivity contribution in [2.24, 2.45) is 0 Å². The van der Waals surface area contributed by atoms with Crippen LogP contribution in [0.1, 0.15) is 48.0 Å². The lowest BCUT2D eigenvalue weighted by Crippen LogP contribution is -2.50. The normalized spacial score (nSPS) is 17.7. The molecule has 2 aliphatic heterocycles. The fraction of sp³-hybridized carbons (Fsp3) is 0.517. The molecule has 0 unspecified atom stereocenters. The average Bonchev–Trinajstić information content (AvgIpc) is 2.93. The van der Waals surface area contributed by atoms with E-state index in [1.807, 2.05) is 35.2 Å². The zero-order valence-electron chi connectivity index (χ0n) is 22.4. The number of benzene rings is 2. The summed E-state index contributed by atoms with van der Waals surface area (Å²) in [5.41, 5.74) is 0.452. The Kier molecular flexibility index (Phi) is 9.10. The highest BCUT2D eigenvalue weighted by Gasteiger charge is 2.32. The largest absolute Gasteiger partial charge is 0.338 e. The van der Waals surface area contributed by atoms with Crippen molar-refractivity contribution in [3.8, 4) is 0 Å². The Morgan fingerprint density at radius 3 is 2.11 bits per heavy atom. The molecule has 2 heterocycles. The molecule has 6 nitrogen and oxygen atoms in total. The molecule has 38 heavy (non-hydrogen) atoms. The van der Waals surface area contributed by atoms with Crippen LogP contribution in [-0.4, -0.2) is 85.4 Å². The maximum atomic E-state index is 14.1. The predicted octanol–water partition coefficient (Wildman–Crippen LogP) is 4.47. The van der Waals surface area contributed by atoms with Gasteiger partial charge in [-0.15, -0.1) is 0 Å². The lowest BCUT2D eigenvalue weighted by Gasteiger charge is -2.39. The highest BCUT2D eigenvalue weighted by Crippen LogP contribution is 2.27. The standard InChI is InChI=1S/C29H37F3N4O2/c1-20-24(19-25(30)28(32)27(20)31)29(38)35-17-11-23(12-18-35)36(22-7-5-4-6-8-22)26(37)13-16-34-14-9-21(10-15-34)33(2)3/h4-8,19,21,23H,9-18H2,1-3H3. The van der Waals surface area contributed by atoms with Crippen molar-refractivity contribution in [3.63, 3.8) is 0 Å². The predicted molar refractivity (Wildman–Crippen MR) is 142 cm³/mol. The maximum absolute atomic E-state index is 14.1. The molecule has 2 aliphatic rings. The molecular formula is C29H37F3N4O2. The van der Waals surface area contributed by atoms with Gasteiger partial charge in [0, 0.05) is 55.0 Å². The monoisotopic (exact) mass is 530 g/mol. The van der Waals surface area contributed by atoms with Crippen molar-refractivity contribution in [1.82, 2.24) is 14.7 Å². The van der Waals surface area contributed by atoms with Gasteiger partial charge in [0.05, 0.1) is 0 Å². The van der Waals surface area contributed by atoms with Gasteiger partial charge in [0.1, 0.15) is 0 Å². The Labute approximate surface area is 223 Å². The van der Waals surface area contributed by atoms with Crippen molar-refractivity contribution in [1.29, 1.82) is 0 Å². The molecule has 0 aromatic heterocycles. The van der Waals surface area contributed by atoms with E-state index in [1.54, 1.807) is 0 Å². The fourth-order valence-electron chi connectivity index (χ4n) is 5.59. The summed E-state index contributed by atoms with van der Waals surface area (Å²) in [6, 6.07) is 10.8. The second kappa shape index (κ2) is 12.3. The Hall–Kier alpha value is -2.91. The van der Waals surface area contributed by atoms with E-state index in [1.165, 1.54) is 11.8 Å². The summed E-state index contributed by atoms with van der Waals surface area (Å²) < 4.78 is 41.4. The molecule has 9 heteroatoms. The SMILES string of the molecule is Cc1c(C(=O)N2CCC(N(C(=O)CCN3CCC(N(C)C)CC3)c3ccccc3)CC2)cc(F)c(F)c1F. The molecule has 2 fully saturated rings. The number of nitrogens with zero attached hydrogens (tertiary/aromatic N) is 4. The molecule has 2 aromatic carbocycles. The van der Waals surface area contributed by atoms with Gasteiger partial charge in [-0.1, -0.05) is 18.2 Å². The van der Waals surface area contributed by atoms with E-state index in [-0.39, 0.29) is 23.1 Å². The van der Waals surface area contributed by atoms with Gasteiger partial charge >= 0.3 is 0 Å². The van der Waals surface area contributed by atoms with Crippen LogP contribution in [0.15, 0.2) is 36.4 Å². The smallest absolute Gasteiger partial charge is 0.254 e. The first kappa shape index (κ1) is 28.1. The van der Waals surface area contributed by atoms with E-state index in [4.69, 9.17) is 0 Å². The Morgan fingerprint density at radius 1 is 0.895 bits per heavy atom. The highest BCUT2D eigenvalue weighted by atomic mass is 19.2. The number of rotatable bonds is 7. The summed E-state index contributed by atoms with van der Waals surface area (Å²) in [5.74, 6) is -4.77. The Bertz CT molecular complexity index is 1130. The second-order valence-corrected chi connectivity index (χ2v) is 10.6. The summed E-state index contributed by atoms with van der Waals surface area (Å²) in [7, 11) is 4.22. The first-order chi connectivity index (χ1) is 18.2. The van der Waals surface area contributed by atoms with E-state index < -0.39 is 23.4 Å². The van der Waals surface area contributed by atoms with Crippen LogP contribution >= 0.6 is 0 Å². The van der Waals surface area contributed by atoms with Crippen LogP contribution < -0.4 is 4.90 Å². The van der Waals surface area contributed by atoms with E-state index in [2.05, 4.69) is 23.9 Å².